The summed E-state index contributed by atoms with van der Waals surface area (Å²) in [5.74, 6) is 1.87. The lowest BCUT2D eigenvalue weighted by molar-refractivity contribution is 0.187. The van der Waals surface area contributed by atoms with Crippen molar-refractivity contribution in [3.63, 3.8) is 0 Å². The number of benzene rings is 1. The summed E-state index contributed by atoms with van der Waals surface area (Å²) in [6.07, 6.45) is 6.63. The predicted molar refractivity (Wildman–Crippen MR) is 97.1 cm³/mol. The van der Waals surface area contributed by atoms with Gasteiger partial charge in [0.05, 0.1) is 0 Å². The molecule has 0 aliphatic carbocycles. The van der Waals surface area contributed by atoms with Crippen molar-refractivity contribution < 1.29 is 5.11 Å². The van der Waals surface area contributed by atoms with Gasteiger partial charge in [-0.15, -0.1) is 0 Å². The first-order chi connectivity index (χ1) is 11.1. The fourth-order valence-corrected chi connectivity index (χ4v) is 4.34. The van der Waals surface area contributed by atoms with E-state index < -0.39 is 0 Å². The lowest BCUT2D eigenvalue weighted by atomic mass is 9.80. The Morgan fingerprint density at radius 2 is 1.87 bits per heavy atom. The predicted octanol–water partition coefficient (Wildman–Crippen LogP) is 4.12. The summed E-state index contributed by atoms with van der Waals surface area (Å²) in [4.78, 5) is 5.20. The van der Waals surface area contributed by atoms with E-state index >= 15 is 0 Å². The first kappa shape index (κ1) is 16.6. The smallest absolute Gasteiger partial charge is 0.117 e. The van der Waals surface area contributed by atoms with Crippen molar-refractivity contribution >= 4 is 5.69 Å². The van der Waals surface area contributed by atoms with E-state index in [0.29, 0.717) is 17.7 Å². The minimum atomic E-state index is 0.378. The van der Waals surface area contributed by atoms with E-state index in [1.54, 1.807) is 6.07 Å². The summed E-state index contributed by atoms with van der Waals surface area (Å²) in [5.41, 5.74) is 1.19. The summed E-state index contributed by atoms with van der Waals surface area (Å²) in [6, 6.07) is 8.40. The minimum absolute atomic E-state index is 0.378. The second kappa shape index (κ2) is 7.57. The van der Waals surface area contributed by atoms with Gasteiger partial charge >= 0.3 is 0 Å². The molecule has 2 aliphatic heterocycles. The standard InChI is InChI=1S/C20H32N2O/c1-16-9-14-22(18-7-6-8-19(23)15-18)20(17(16)2)10-13-21-11-4-3-5-12-21/h6-8,15-17,20,23H,3-5,9-14H2,1-2H3. The fourth-order valence-electron chi connectivity index (χ4n) is 4.34. The molecule has 2 aliphatic rings. The molecule has 2 heterocycles. The van der Waals surface area contributed by atoms with Crippen LogP contribution in [0.5, 0.6) is 5.75 Å². The maximum absolute atomic E-state index is 9.85. The van der Waals surface area contributed by atoms with Crippen LogP contribution in [0.15, 0.2) is 24.3 Å². The number of rotatable bonds is 4. The largest absolute Gasteiger partial charge is 0.508 e. The highest BCUT2D eigenvalue weighted by molar-refractivity contribution is 5.51. The van der Waals surface area contributed by atoms with Crippen LogP contribution in [-0.4, -0.2) is 42.2 Å². The van der Waals surface area contributed by atoms with Gasteiger partial charge in [-0.25, -0.2) is 0 Å². The van der Waals surface area contributed by atoms with E-state index in [0.717, 1.165) is 12.5 Å². The summed E-state index contributed by atoms with van der Waals surface area (Å²) in [7, 11) is 0. The van der Waals surface area contributed by atoms with Gasteiger partial charge in [0, 0.05) is 30.9 Å². The van der Waals surface area contributed by atoms with Crippen LogP contribution in [0.25, 0.3) is 0 Å². The number of anilines is 1. The molecular weight excluding hydrogens is 284 g/mol. The van der Waals surface area contributed by atoms with Crippen LogP contribution >= 0.6 is 0 Å². The van der Waals surface area contributed by atoms with Crippen LogP contribution in [-0.2, 0) is 0 Å². The maximum atomic E-state index is 9.85. The second-order valence-electron chi connectivity index (χ2n) is 7.60. The molecule has 1 aromatic carbocycles. The van der Waals surface area contributed by atoms with Crippen LogP contribution in [0, 0.1) is 11.8 Å². The summed E-state index contributed by atoms with van der Waals surface area (Å²) in [5, 5.41) is 9.85. The number of hydrogen-bond acceptors (Lipinski definition) is 3. The highest BCUT2D eigenvalue weighted by atomic mass is 16.3. The second-order valence-corrected chi connectivity index (χ2v) is 7.60. The SMILES string of the molecule is CC1CCN(c2cccc(O)c2)C(CCN2CCCCC2)C1C. The molecule has 3 rings (SSSR count). The highest BCUT2D eigenvalue weighted by Gasteiger charge is 2.33. The Balaban J connectivity index is 1.70. The molecule has 3 nitrogen and oxygen atoms in total. The Kier molecular flexibility index (Phi) is 5.47. The van der Waals surface area contributed by atoms with Crippen LogP contribution < -0.4 is 4.90 Å². The van der Waals surface area contributed by atoms with E-state index in [9.17, 15) is 5.11 Å². The third-order valence-corrected chi connectivity index (χ3v) is 6.08. The maximum Gasteiger partial charge on any atom is 0.117 e. The molecule has 0 saturated carbocycles. The average Bonchev–Trinajstić information content (AvgIpc) is 2.57. The van der Waals surface area contributed by atoms with Crippen molar-refractivity contribution in [2.45, 2.75) is 52.0 Å². The van der Waals surface area contributed by atoms with Crippen molar-refractivity contribution in [1.82, 2.24) is 4.90 Å². The molecule has 0 radical (unpaired) electrons. The molecule has 0 aromatic heterocycles. The average molecular weight is 316 g/mol. The van der Waals surface area contributed by atoms with E-state index in [1.807, 2.05) is 12.1 Å². The molecule has 3 heteroatoms. The topological polar surface area (TPSA) is 26.7 Å². The molecule has 0 amide bonds. The monoisotopic (exact) mass is 316 g/mol. The number of phenols is 1. The van der Waals surface area contributed by atoms with Gasteiger partial charge in [-0.1, -0.05) is 26.3 Å². The Hall–Kier alpha value is -1.22. The quantitative estimate of drug-likeness (QED) is 0.905. The van der Waals surface area contributed by atoms with Crippen molar-refractivity contribution in [2.75, 3.05) is 31.1 Å². The lowest BCUT2D eigenvalue weighted by Crippen LogP contribution is -2.49. The van der Waals surface area contributed by atoms with Gasteiger partial charge in [-0.2, -0.15) is 0 Å². The van der Waals surface area contributed by atoms with Gasteiger partial charge < -0.3 is 14.9 Å². The van der Waals surface area contributed by atoms with Gasteiger partial charge in [0.1, 0.15) is 5.75 Å². The Labute approximate surface area is 141 Å². The van der Waals surface area contributed by atoms with Gasteiger partial charge in [-0.3, -0.25) is 0 Å². The zero-order valence-electron chi connectivity index (χ0n) is 14.7. The molecule has 1 N–H and O–H groups in total. The van der Waals surface area contributed by atoms with Crippen LogP contribution in [0.2, 0.25) is 0 Å². The Morgan fingerprint density at radius 1 is 1.09 bits per heavy atom. The van der Waals surface area contributed by atoms with Gasteiger partial charge in [0.15, 0.2) is 0 Å². The van der Waals surface area contributed by atoms with Crippen LogP contribution in [0.1, 0.15) is 46.0 Å². The van der Waals surface area contributed by atoms with Crippen LogP contribution in [0.4, 0.5) is 5.69 Å². The first-order valence-electron chi connectivity index (χ1n) is 9.43. The molecule has 0 bridgehead atoms. The van der Waals surface area contributed by atoms with Gasteiger partial charge in [-0.05, 0) is 62.7 Å². The fraction of sp³-hybridized carbons (Fsp3) is 0.700. The van der Waals surface area contributed by atoms with Crippen molar-refractivity contribution in [3.8, 4) is 5.75 Å². The first-order valence-corrected chi connectivity index (χ1v) is 9.43. The summed E-state index contributed by atoms with van der Waals surface area (Å²) in [6.45, 7) is 9.71. The van der Waals surface area contributed by atoms with Crippen LogP contribution in [0.3, 0.4) is 0 Å². The minimum Gasteiger partial charge on any atom is -0.508 e. The van der Waals surface area contributed by atoms with E-state index in [2.05, 4.69) is 29.7 Å². The zero-order chi connectivity index (χ0) is 16.2. The molecule has 3 atom stereocenters. The van der Waals surface area contributed by atoms with Crippen molar-refractivity contribution in [2.24, 2.45) is 11.8 Å². The number of hydrogen-bond donors (Lipinski definition) is 1. The third kappa shape index (κ3) is 4.00. The summed E-state index contributed by atoms with van der Waals surface area (Å²) >= 11 is 0. The molecular formula is C20H32N2O. The van der Waals surface area contributed by atoms with Gasteiger partial charge in [0.2, 0.25) is 0 Å². The third-order valence-electron chi connectivity index (χ3n) is 6.08. The lowest BCUT2D eigenvalue weighted by Gasteiger charge is -2.45. The van der Waals surface area contributed by atoms with E-state index in [1.165, 1.54) is 57.4 Å². The number of piperidine rings is 2. The molecule has 2 saturated heterocycles. The highest BCUT2D eigenvalue weighted by Crippen LogP contribution is 2.35. The molecule has 1 aromatic rings. The van der Waals surface area contributed by atoms with E-state index in [-0.39, 0.29) is 0 Å². The zero-order valence-corrected chi connectivity index (χ0v) is 14.7. The Morgan fingerprint density at radius 3 is 2.61 bits per heavy atom. The van der Waals surface area contributed by atoms with Gasteiger partial charge in [0.25, 0.3) is 0 Å². The number of phenolic OH excluding ortho intramolecular Hbond substituents is 1. The van der Waals surface area contributed by atoms with E-state index in [4.69, 9.17) is 0 Å². The van der Waals surface area contributed by atoms with Crippen molar-refractivity contribution in [3.05, 3.63) is 24.3 Å². The Bertz CT molecular complexity index is 498. The molecule has 3 unspecified atom stereocenters. The molecule has 0 spiro atoms. The molecule has 2 fully saturated rings. The van der Waals surface area contributed by atoms with Crippen molar-refractivity contribution in [1.29, 1.82) is 0 Å². The normalized spacial score (nSPS) is 29.7. The number of nitrogens with zero attached hydrogens (tertiary/aromatic N) is 2. The number of aromatic hydroxyl groups is 1. The summed E-state index contributed by atoms with van der Waals surface area (Å²) < 4.78 is 0. The molecule has 128 valence electrons. The number of likely N-dealkylation sites (tertiary alicyclic amines) is 1. The molecule has 23 heavy (non-hydrogen) atoms.